The van der Waals surface area contributed by atoms with Gasteiger partial charge in [0.2, 0.25) is 0 Å². The first kappa shape index (κ1) is 62.3. The molecule has 0 fully saturated rings. The predicted molar refractivity (Wildman–Crippen MR) is 354 cm³/mol. The Hall–Kier alpha value is -11.5. The molecule has 3 atom stereocenters. The number of rotatable bonds is 16. The molecule has 0 bridgehead atoms. The van der Waals surface area contributed by atoms with Crippen LogP contribution in [0.15, 0.2) is 165 Å². The number of carbonyl (C=O) groups excluding carboxylic acids is 3. The summed E-state index contributed by atoms with van der Waals surface area (Å²) in [5, 5.41) is 36.3. The number of aromatic nitrogens is 18. The van der Waals surface area contributed by atoms with Crippen LogP contribution in [0.25, 0.3) is 67.9 Å². The molecule has 0 aliphatic carbocycles. The van der Waals surface area contributed by atoms with Crippen LogP contribution in [0.1, 0.15) is 98.6 Å². The zero-order valence-corrected chi connectivity index (χ0v) is 53.4. The Morgan fingerprint density at radius 2 is 0.926 bits per heavy atom. The normalized spacial score (nSPS) is 15.4. The average molecular weight is 1260 g/mol. The number of aryl methyl sites for hydroxylation is 7. The Morgan fingerprint density at radius 1 is 0.495 bits per heavy atom. The van der Waals surface area contributed by atoms with Crippen LogP contribution in [0.2, 0.25) is 0 Å². The van der Waals surface area contributed by atoms with E-state index < -0.39 is 0 Å². The lowest BCUT2D eigenvalue weighted by Crippen LogP contribution is -2.23. The van der Waals surface area contributed by atoms with Crippen LogP contribution in [0, 0.1) is 36.0 Å². The van der Waals surface area contributed by atoms with E-state index in [9.17, 15) is 19.6 Å². The minimum Gasteiger partial charge on any atom is -0.497 e. The van der Waals surface area contributed by atoms with Crippen molar-refractivity contribution < 1.29 is 19.1 Å². The Kier molecular flexibility index (Phi) is 18.2. The van der Waals surface area contributed by atoms with E-state index in [2.05, 4.69) is 51.6 Å². The Labute approximate surface area is 548 Å². The Morgan fingerprint density at radius 3 is 1.35 bits per heavy atom. The van der Waals surface area contributed by atoms with Crippen LogP contribution in [0.5, 0.6) is 5.75 Å². The third-order valence-electron chi connectivity index (χ3n) is 17.6. The maximum atomic E-state index is 13.3. The third-order valence-corrected chi connectivity index (χ3v) is 17.6. The number of fused-ring (bicyclic) bond motifs is 3. The quantitative estimate of drug-likeness (QED) is 0.0813. The highest BCUT2D eigenvalue weighted by Gasteiger charge is 2.32. The molecule has 0 N–H and O–H groups in total. The van der Waals surface area contributed by atoms with Crippen molar-refractivity contribution in [2.75, 3.05) is 7.11 Å². The van der Waals surface area contributed by atoms with E-state index in [1.54, 1.807) is 84.4 Å². The fraction of sp³-hybridized carbons (Fsp3) is 0.278. The Balaban J connectivity index is 0.000000129. The van der Waals surface area contributed by atoms with Crippen LogP contribution >= 0.6 is 0 Å². The predicted octanol–water partition coefficient (Wildman–Crippen LogP) is 10.9. The number of hydrogen-bond acceptors (Lipinski definition) is 17. The smallest absolute Gasteiger partial charge is 0.181 e. The number of nitriles is 1. The summed E-state index contributed by atoms with van der Waals surface area (Å²) in [7, 11) is 6.96. The summed E-state index contributed by atoms with van der Waals surface area (Å²) in [6, 6.07) is 43.0. The molecule has 15 rings (SSSR count). The maximum absolute atomic E-state index is 13.3. The molecule has 3 aromatic carbocycles. The summed E-state index contributed by atoms with van der Waals surface area (Å²) in [4.78, 5) is 67.3. The molecule has 0 radical (unpaired) electrons. The number of pyridine rings is 3. The highest BCUT2D eigenvalue weighted by molar-refractivity contribution is 6.02. The maximum Gasteiger partial charge on any atom is 0.181 e. The van der Waals surface area contributed by atoms with Crippen molar-refractivity contribution >= 4 is 17.3 Å². The minimum atomic E-state index is -0.00390. The fourth-order valence-corrected chi connectivity index (χ4v) is 12.7. The summed E-state index contributed by atoms with van der Waals surface area (Å²) in [5.41, 5.74) is 10.3. The molecule has 12 heterocycles. The molecule has 3 unspecified atom stereocenters. The zero-order chi connectivity index (χ0) is 65.5. The molecule has 95 heavy (non-hydrogen) atoms. The minimum absolute atomic E-state index is 0.00390. The molecule has 0 spiro atoms. The number of ketones is 3. The van der Waals surface area contributed by atoms with E-state index in [1.165, 1.54) is 0 Å². The van der Waals surface area contributed by atoms with E-state index in [1.807, 2.05) is 143 Å². The summed E-state index contributed by atoms with van der Waals surface area (Å²) in [6.07, 6.45) is 16.3. The van der Waals surface area contributed by atoms with Crippen LogP contribution in [0.3, 0.4) is 0 Å². The first-order chi connectivity index (χ1) is 46.3. The molecule has 0 amide bonds. The van der Waals surface area contributed by atoms with Crippen molar-refractivity contribution in [2.45, 2.75) is 84.3 Å². The molecule has 23 nitrogen and oxygen atoms in total. The van der Waals surface area contributed by atoms with Crippen molar-refractivity contribution in [3.05, 3.63) is 210 Å². The number of carbonyl (C=O) groups is 3. The van der Waals surface area contributed by atoms with Gasteiger partial charge in [-0.05, 0) is 73.8 Å². The van der Waals surface area contributed by atoms with E-state index in [0.29, 0.717) is 71.0 Å². The van der Waals surface area contributed by atoms with Crippen molar-refractivity contribution in [2.24, 2.45) is 38.9 Å². The van der Waals surface area contributed by atoms with Gasteiger partial charge in [0, 0.05) is 132 Å². The van der Waals surface area contributed by atoms with E-state index in [-0.39, 0.29) is 35.1 Å². The van der Waals surface area contributed by atoms with Crippen LogP contribution in [0.4, 0.5) is 0 Å². The van der Waals surface area contributed by atoms with Gasteiger partial charge in [0.05, 0.1) is 53.9 Å². The fourth-order valence-electron chi connectivity index (χ4n) is 12.7. The molecule has 12 aromatic rings. The molecule has 0 saturated carbocycles. The van der Waals surface area contributed by atoms with Crippen LogP contribution < -0.4 is 4.74 Å². The standard InChI is InChI=1S/C24H21N7O.C24H24N6O2.C24H24N6O/c1-30-23(19(15-27-30)22-18(14-25)8-5-10-26-22)20(32)12-16-9-11-31-21(13-16)28-24(29-31)17-6-3-2-4-7-17;1-29-23(19(15-26-29)20-14-18(32-2)8-10-25-20)21(31)12-16-9-11-30-22(13-16)27-24(28-30)17-6-4-3-5-7-17;1-16-8-9-20(25-14-16)19-15-26-29(2)23(19)21(31)12-17-10-11-30-22(13-17)27-24(28-30)18-6-4-3-5-7-18/h2-8,10,15-16H,9,11-13H2,1H3;3-8,10,14-16H,9,11-13H2,1-2H3;3-9,14-15,17H,10-13H2,1-2H3. The van der Waals surface area contributed by atoms with Crippen molar-refractivity contribution in [3.63, 3.8) is 0 Å². The first-order valence-corrected chi connectivity index (χ1v) is 31.8. The molecule has 476 valence electrons. The molecular weight excluding hydrogens is 1190 g/mol. The number of methoxy groups -OCH3 is 1. The molecule has 9 aromatic heterocycles. The number of Topliss-reactive ketones (excluding diaryl/α,β-unsaturated/α-hetero) is 3. The number of benzene rings is 3. The van der Waals surface area contributed by atoms with Gasteiger partial charge in [0.25, 0.3) is 0 Å². The van der Waals surface area contributed by atoms with Gasteiger partial charge in [-0.25, -0.2) is 29.0 Å². The molecule has 3 aliphatic heterocycles. The molecule has 3 aliphatic rings. The largest absolute Gasteiger partial charge is 0.497 e. The summed E-state index contributed by atoms with van der Waals surface area (Å²) < 4.78 is 16.1. The molecular formula is C72H69N19O4. The molecule has 0 saturated heterocycles. The van der Waals surface area contributed by atoms with Gasteiger partial charge in [-0.3, -0.25) is 43.4 Å². The summed E-state index contributed by atoms with van der Waals surface area (Å²) in [5.74, 6) is 6.48. The Bertz CT molecular complexity index is 4770. The van der Waals surface area contributed by atoms with Crippen molar-refractivity contribution in [1.29, 1.82) is 5.26 Å². The van der Waals surface area contributed by atoms with Gasteiger partial charge in [-0.15, -0.1) is 0 Å². The van der Waals surface area contributed by atoms with Gasteiger partial charge in [0.15, 0.2) is 34.8 Å². The average Bonchev–Trinajstić information content (AvgIpc) is 1.78. The van der Waals surface area contributed by atoms with Gasteiger partial charge in [-0.2, -0.15) is 35.9 Å². The second kappa shape index (κ2) is 27.7. The number of nitrogens with zero attached hydrogens (tertiary/aromatic N) is 19. The van der Waals surface area contributed by atoms with Crippen LogP contribution in [-0.4, -0.2) is 113 Å². The summed E-state index contributed by atoms with van der Waals surface area (Å²) >= 11 is 0. The van der Waals surface area contributed by atoms with Gasteiger partial charge in [0.1, 0.15) is 46.4 Å². The van der Waals surface area contributed by atoms with Crippen LogP contribution in [-0.2, 0) is 60.0 Å². The lowest BCUT2D eigenvalue weighted by atomic mass is 9.90. The number of ether oxygens (including phenoxy) is 1. The monoisotopic (exact) mass is 1260 g/mol. The molecule has 23 heteroatoms. The third kappa shape index (κ3) is 13.7. The van der Waals surface area contributed by atoms with E-state index >= 15 is 0 Å². The number of hydrogen-bond donors (Lipinski definition) is 0. The SMILES string of the molecule is COc1ccnc(-c2cnn(C)c2C(=O)CC2CCn3nc(-c4ccccc4)nc3C2)c1.Cc1ccc(-c2cnn(C)c2C(=O)CC2CCn3nc(-c4ccccc4)nc3C2)nc1.Cn1ncc(-c2ncccc2C#N)c1C(=O)CC1CCn2nc(-c3ccccc3)nc2C1. The lowest BCUT2D eigenvalue weighted by molar-refractivity contribution is 0.0935. The van der Waals surface area contributed by atoms with Crippen molar-refractivity contribution in [3.8, 4) is 79.8 Å². The zero-order valence-electron chi connectivity index (χ0n) is 53.4. The van der Waals surface area contributed by atoms with E-state index in [0.717, 1.165) is 126 Å². The van der Waals surface area contributed by atoms with Crippen molar-refractivity contribution in [1.82, 2.24) is 88.6 Å². The first-order valence-electron chi connectivity index (χ1n) is 31.8. The second-order valence-electron chi connectivity index (χ2n) is 24.2. The van der Waals surface area contributed by atoms with Gasteiger partial charge < -0.3 is 4.74 Å². The van der Waals surface area contributed by atoms with E-state index in [4.69, 9.17) is 19.7 Å². The van der Waals surface area contributed by atoms with Gasteiger partial charge in [-0.1, -0.05) is 97.1 Å². The highest BCUT2D eigenvalue weighted by Crippen LogP contribution is 2.34. The summed E-state index contributed by atoms with van der Waals surface area (Å²) in [6.45, 7) is 4.29. The highest BCUT2D eigenvalue weighted by atomic mass is 16.5. The second-order valence-corrected chi connectivity index (χ2v) is 24.2. The topological polar surface area (TPSA) is 268 Å². The van der Waals surface area contributed by atoms with Gasteiger partial charge >= 0.3 is 0 Å². The lowest BCUT2D eigenvalue weighted by Gasteiger charge is -2.21.